The molecule has 0 amide bonds. The fourth-order valence-corrected chi connectivity index (χ4v) is 8.00. The fourth-order valence-electron chi connectivity index (χ4n) is 6.94. The van der Waals surface area contributed by atoms with Crippen LogP contribution in [0.15, 0.2) is 134 Å². The lowest BCUT2D eigenvalue weighted by Crippen LogP contribution is -2.15. The number of rotatable bonds is 4. The van der Waals surface area contributed by atoms with Crippen molar-refractivity contribution < 1.29 is 0 Å². The molecule has 5 heteroatoms. The molecule has 4 aromatic heterocycles. The number of thiophene rings is 1. The summed E-state index contributed by atoms with van der Waals surface area (Å²) in [5, 5.41) is 7.17. The van der Waals surface area contributed by atoms with Crippen molar-refractivity contribution in [2.75, 3.05) is 0 Å². The smallest absolute Gasteiger partial charge is 0.164 e. The summed E-state index contributed by atoms with van der Waals surface area (Å²) in [6, 6.07) is 40.7. The SMILES string of the molecule is C=c1/c(=C\C=C(/C)n2c3ccccc3c3c4c5ccccc5n(-c5nccnc5-c5ccccc5)c4ccc32)sc2ccccc12. The van der Waals surface area contributed by atoms with E-state index in [1.54, 1.807) is 23.7 Å². The highest BCUT2D eigenvalue weighted by atomic mass is 32.1. The summed E-state index contributed by atoms with van der Waals surface area (Å²) < 4.78 is 7.11. The number of hydrogen-bond donors (Lipinski definition) is 0. The van der Waals surface area contributed by atoms with Crippen LogP contribution in [-0.2, 0) is 0 Å². The molecule has 218 valence electrons. The van der Waals surface area contributed by atoms with E-state index in [1.165, 1.54) is 47.2 Å². The molecule has 9 rings (SSSR count). The Bertz CT molecular complexity index is 2780. The van der Waals surface area contributed by atoms with Crippen LogP contribution in [-0.4, -0.2) is 19.1 Å². The van der Waals surface area contributed by atoms with Crippen molar-refractivity contribution in [1.29, 1.82) is 0 Å². The Morgan fingerprint density at radius 1 is 0.652 bits per heavy atom. The molecule has 0 aliphatic heterocycles. The Hall–Kier alpha value is -5.78. The van der Waals surface area contributed by atoms with Crippen LogP contribution in [0.1, 0.15) is 6.92 Å². The van der Waals surface area contributed by atoms with E-state index < -0.39 is 0 Å². The lowest BCUT2D eigenvalue weighted by molar-refractivity contribution is 1.05. The van der Waals surface area contributed by atoms with Crippen LogP contribution in [0.25, 0.3) is 89.1 Å². The largest absolute Gasteiger partial charge is 0.313 e. The Morgan fingerprint density at radius 2 is 1.28 bits per heavy atom. The fraction of sp³-hybridized carbons (Fsp3) is 0.0244. The molecule has 9 aromatic rings. The molecule has 0 saturated heterocycles. The van der Waals surface area contributed by atoms with E-state index in [1.807, 2.05) is 18.2 Å². The molecule has 0 spiro atoms. The Balaban J connectivity index is 1.34. The second-order valence-electron chi connectivity index (χ2n) is 11.6. The van der Waals surface area contributed by atoms with Crippen LogP contribution in [0.3, 0.4) is 0 Å². The Kier molecular flexibility index (Phi) is 6.02. The van der Waals surface area contributed by atoms with Gasteiger partial charge in [-0.2, -0.15) is 0 Å². The van der Waals surface area contributed by atoms with E-state index in [9.17, 15) is 0 Å². The highest BCUT2D eigenvalue weighted by molar-refractivity contribution is 7.17. The van der Waals surface area contributed by atoms with Crippen molar-refractivity contribution in [2.45, 2.75) is 6.92 Å². The van der Waals surface area contributed by atoms with Crippen molar-refractivity contribution in [3.05, 3.63) is 143 Å². The van der Waals surface area contributed by atoms with Crippen molar-refractivity contribution in [1.82, 2.24) is 19.1 Å². The molecule has 0 radical (unpaired) electrons. The maximum Gasteiger partial charge on any atom is 0.164 e. The third kappa shape index (κ3) is 3.92. The minimum atomic E-state index is 0.820. The molecule has 0 bridgehead atoms. The minimum Gasteiger partial charge on any atom is -0.313 e. The van der Waals surface area contributed by atoms with Crippen molar-refractivity contribution >= 4 is 83.4 Å². The van der Waals surface area contributed by atoms with Gasteiger partial charge in [-0.3, -0.25) is 9.55 Å². The Morgan fingerprint density at radius 3 is 2.09 bits per heavy atom. The van der Waals surface area contributed by atoms with E-state index in [0.717, 1.165) is 39.0 Å². The van der Waals surface area contributed by atoms with Crippen LogP contribution in [0.2, 0.25) is 0 Å². The normalized spacial score (nSPS) is 12.8. The third-order valence-electron chi connectivity index (χ3n) is 8.97. The molecule has 4 nitrogen and oxygen atoms in total. The summed E-state index contributed by atoms with van der Waals surface area (Å²) in [4.78, 5) is 9.75. The average Bonchev–Trinajstić information content (AvgIpc) is 3.74. The molecule has 0 atom stereocenters. The molecular formula is C41H28N4S. The first-order chi connectivity index (χ1) is 22.7. The average molecular weight is 609 g/mol. The van der Waals surface area contributed by atoms with Gasteiger partial charge in [0.15, 0.2) is 5.82 Å². The first kappa shape index (κ1) is 26.6. The van der Waals surface area contributed by atoms with Crippen LogP contribution < -0.4 is 9.75 Å². The van der Waals surface area contributed by atoms with Gasteiger partial charge in [0, 0.05) is 54.4 Å². The second-order valence-corrected chi connectivity index (χ2v) is 12.7. The molecule has 0 saturated carbocycles. The zero-order valence-electron chi connectivity index (χ0n) is 25.2. The van der Waals surface area contributed by atoms with E-state index in [-0.39, 0.29) is 0 Å². The van der Waals surface area contributed by atoms with Gasteiger partial charge in [-0.05, 0) is 60.0 Å². The highest BCUT2D eigenvalue weighted by Crippen LogP contribution is 2.42. The first-order valence-corrected chi connectivity index (χ1v) is 16.2. The van der Waals surface area contributed by atoms with Crippen LogP contribution in [0.4, 0.5) is 0 Å². The number of aromatic nitrogens is 4. The van der Waals surface area contributed by atoms with Gasteiger partial charge in [0.05, 0.1) is 22.1 Å². The van der Waals surface area contributed by atoms with Crippen molar-refractivity contribution in [3.8, 4) is 17.1 Å². The number of hydrogen-bond acceptors (Lipinski definition) is 3. The van der Waals surface area contributed by atoms with Crippen LogP contribution in [0, 0.1) is 0 Å². The zero-order valence-corrected chi connectivity index (χ0v) is 26.0. The molecule has 0 aliphatic carbocycles. The molecule has 4 heterocycles. The van der Waals surface area contributed by atoms with Gasteiger partial charge in [0.25, 0.3) is 0 Å². The minimum absolute atomic E-state index is 0.820. The van der Waals surface area contributed by atoms with Crippen molar-refractivity contribution in [2.24, 2.45) is 0 Å². The Labute approximate surface area is 269 Å². The lowest BCUT2D eigenvalue weighted by atomic mass is 10.1. The zero-order chi connectivity index (χ0) is 30.8. The molecule has 0 N–H and O–H groups in total. The van der Waals surface area contributed by atoms with Gasteiger partial charge in [-0.15, -0.1) is 11.3 Å². The number of nitrogens with zero attached hydrogens (tertiary/aromatic N) is 4. The van der Waals surface area contributed by atoms with Gasteiger partial charge in [0.2, 0.25) is 0 Å². The topological polar surface area (TPSA) is 35.6 Å². The van der Waals surface area contributed by atoms with Crippen molar-refractivity contribution in [3.63, 3.8) is 0 Å². The summed E-state index contributed by atoms with van der Waals surface area (Å²) in [5.74, 6) is 0.820. The molecule has 0 unspecified atom stereocenters. The molecule has 5 aromatic carbocycles. The van der Waals surface area contributed by atoms with Crippen LogP contribution >= 0.6 is 11.3 Å². The van der Waals surface area contributed by atoms with E-state index in [2.05, 4.69) is 132 Å². The van der Waals surface area contributed by atoms with Gasteiger partial charge < -0.3 is 4.57 Å². The number of para-hydroxylation sites is 2. The first-order valence-electron chi connectivity index (χ1n) is 15.4. The van der Waals surface area contributed by atoms with Crippen LogP contribution in [0.5, 0.6) is 0 Å². The number of allylic oxidation sites excluding steroid dienone is 2. The van der Waals surface area contributed by atoms with E-state index >= 15 is 0 Å². The lowest BCUT2D eigenvalue weighted by Gasteiger charge is -2.12. The van der Waals surface area contributed by atoms with Gasteiger partial charge in [-0.25, -0.2) is 4.98 Å². The number of fused-ring (bicyclic) bond motifs is 8. The van der Waals surface area contributed by atoms with E-state index in [4.69, 9.17) is 9.97 Å². The van der Waals surface area contributed by atoms with Gasteiger partial charge in [0.1, 0.15) is 5.69 Å². The quantitative estimate of drug-likeness (QED) is 0.200. The predicted molar refractivity (Wildman–Crippen MR) is 196 cm³/mol. The van der Waals surface area contributed by atoms with Gasteiger partial charge in [-0.1, -0.05) is 91.5 Å². The maximum atomic E-state index is 4.93. The second kappa shape index (κ2) is 10.4. The third-order valence-corrected chi connectivity index (χ3v) is 10.1. The standard InChI is InChI=1S/C41H28N4S/c1-26(20-23-36-27(2)29-14-8-11-19-37(29)46-36)44-32-17-9-6-15-30(32)38-34(44)21-22-35-39(38)31-16-7-10-18-33(31)45(35)41-40(42-24-25-43-41)28-12-4-3-5-13-28/h3-25H,2H2,1H3/b26-20+,36-23+. The molecule has 0 aliphatic rings. The molecule has 46 heavy (non-hydrogen) atoms. The number of benzene rings is 5. The maximum absolute atomic E-state index is 4.93. The summed E-state index contributed by atoms with van der Waals surface area (Å²) in [7, 11) is 0. The van der Waals surface area contributed by atoms with Gasteiger partial charge >= 0.3 is 0 Å². The molecular weight excluding hydrogens is 581 g/mol. The summed E-state index contributed by atoms with van der Waals surface area (Å²) >= 11 is 1.79. The highest BCUT2D eigenvalue weighted by Gasteiger charge is 2.22. The monoisotopic (exact) mass is 608 g/mol. The summed E-state index contributed by atoms with van der Waals surface area (Å²) in [6.45, 7) is 6.59. The van der Waals surface area contributed by atoms with E-state index in [0.29, 0.717) is 0 Å². The summed E-state index contributed by atoms with van der Waals surface area (Å²) in [5.41, 5.74) is 7.60. The predicted octanol–water partition coefficient (Wildman–Crippen LogP) is 9.32. The summed E-state index contributed by atoms with van der Waals surface area (Å²) in [6.07, 6.45) is 8.00. The molecule has 0 fully saturated rings.